The lowest BCUT2D eigenvalue weighted by Gasteiger charge is -2.28. The number of carbonyl (C=O) groups is 2. The minimum atomic E-state index is -0.832. The van der Waals surface area contributed by atoms with Crippen LogP contribution >= 0.6 is 0 Å². The fraction of sp³-hybridized carbons (Fsp3) is 0.412. The molecule has 0 radical (unpaired) electrons. The molecule has 3 aliphatic rings. The highest BCUT2D eigenvalue weighted by molar-refractivity contribution is 5.87. The van der Waals surface area contributed by atoms with E-state index in [4.69, 9.17) is 0 Å². The Morgan fingerprint density at radius 1 is 1.00 bits per heavy atom. The first-order valence-electron chi connectivity index (χ1n) is 7.42. The number of nitrogens with zero attached hydrogens (tertiary/aromatic N) is 1. The molecule has 0 spiro atoms. The number of hydrogen-bond donors (Lipinski definition) is 1. The lowest BCUT2D eigenvalue weighted by Crippen LogP contribution is -2.40. The van der Waals surface area contributed by atoms with Gasteiger partial charge in [-0.05, 0) is 29.4 Å². The Hall–Kier alpha value is -2.10. The van der Waals surface area contributed by atoms with E-state index in [1.54, 1.807) is 0 Å². The molecule has 4 atom stereocenters. The Balaban J connectivity index is 1.59. The second kappa shape index (κ2) is 4.45. The van der Waals surface area contributed by atoms with Gasteiger partial charge >= 0.3 is 5.97 Å². The van der Waals surface area contributed by atoms with Crippen molar-refractivity contribution in [2.24, 2.45) is 23.7 Å². The van der Waals surface area contributed by atoms with E-state index in [-0.39, 0.29) is 23.7 Å². The number of fused-ring (bicyclic) bond motifs is 3. The van der Waals surface area contributed by atoms with Gasteiger partial charge in [0, 0.05) is 13.1 Å². The molecule has 4 heteroatoms. The van der Waals surface area contributed by atoms with Crippen LogP contribution < -0.4 is 0 Å². The third kappa shape index (κ3) is 1.82. The number of carboxylic acids is 1. The van der Waals surface area contributed by atoms with E-state index in [0.29, 0.717) is 13.1 Å². The molecule has 0 aromatic heterocycles. The van der Waals surface area contributed by atoms with Gasteiger partial charge in [-0.15, -0.1) is 0 Å². The minimum Gasteiger partial charge on any atom is -0.481 e. The highest BCUT2D eigenvalue weighted by atomic mass is 16.4. The zero-order valence-corrected chi connectivity index (χ0v) is 11.6. The van der Waals surface area contributed by atoms with E-state index in [1.807, 2.05) is 41.3 Å². The molecule has 2 unspecified atom stereocenters. The van der Waals surface area contributed by atoms with Crippen molar-refractivity contribution >= 4 is 11.9 Å². The van der Waals surface area contributed by atoms with Gasteiger partial charge in [-0.3, -0.25) is 9.59 Å². The summed E-state index contributed by atoms with van der Waals surface area (Å²) in [6, 6.07) is 8.04. The minimum absolute atomic E-state index is 0.00968. The zero-order valence-electron chi connectivity index (χ0n) is 11.6. The summed E-state index contributed by atoms with van der Waals surface area (Å²) in [5.41, 5.74) is 2.35. The van der Waals surface area contributed by atoms with Gasteiger partial charge in [0.25, 0.3) is 0 Å². The van der Waals surface area contributed by atoms with Crippen molar-refractivity contribution < 1.29 is 14.7 Å². The Morgan fingerprint density at radius 3 is 2.14 bits per heavy atom. The topological polar surface area (TPSA) is 57.6 Å². The molecular formula is C17H17NO3. The number of allylic oxidation sites excluding steroid dienone is 2. The number of carbonyl (C=O) groups excluding carboxylic acids is 1. The van der Waals surface area contributed by atoms with Gasteiger partial charge in [-0.25, -0.2) is 0 Å². The van der Waals surface area contributed by atoms with Crippen LogP contribution in [0.2, 0.25) is 0 Å². The number of carboxylic acid groups (broad SMARTS) is 1. The Labute approximate surface area is 123 Å². The molecule has 1 saturated carbocycles. The van der Waals surface area contributed by atoms with Gasteiger partial charge in [0.05, 0.1) is 11.8 Å². The van der Waals surface area contributed by atoms with Crippen LogP contribution in [0.4, 0.5) is 0 Å². The third-order valence-corrected chi connectivity index (χ3v) is 5.18. The van der Waals surface area contributed by atoms with Crippen LogP contribution in [0.25, 0.3) is 0 Å². The fourth-order valence-electron chi connectivity index (χ4n) is 4.20. The summed E-state index contributed by atoms with van der Waals surface area (Å²) in [5.74, 6) is -1.61. The van der Waals surface area contributed by atoms with Gasteiger partial charge in [-0.2, -0.15) is 0 Å². The molecule has 21 heavy (non-hydrogen) atoms. The Morgan fingerprint density at radius 2 is 1.57 bits per heavy atom. The van der Waals surface area contributed by atoms with E-state index in [2.05, 4.69) is 0 Å². The summed E-state index contributed by atoms with van der Waals surface area (Å²) >= 11 is 0. The molecule has 1 aliphatic heterocycles. The highest BCUT2D eigenvalue weighted by Crippen LogP contribution is 2.49. The zero-order chi connectivity index (χ0) is 14.6. The average Bonchev–Trinajstić information content (AvgIpc) is 3.18. The smallest absolute Gasteiger partial charge is 0.307 e. The number of hydrogen-bond acceptors (Lipinski definition) is 2. The van der Waals surface area contributed by atoms with Gasteiger partial charge < -0.3 is 10.0 Å². The molecule has 1 heterocycles. The van der Waals surface area contributed by atoms with Crippen LogP contribution in [0.5, 0.6) is 0 Å². The van der Waals surface area contributed by atoms with Crippen molar-refractivity contribution in [3.63, 3.8) is 0 Å². The standard InChI is InChI=1S/C17H17NO3/c19-16(18-8-12-3-1-2-4-13(12)9-18)14-10-5-6-11(7-10)15(14)17(20)21/h1-6,10-11,14-15H,7-9H2,(H,20,21)/t10?,11?,14-,15+/m0/s1. The molecule has 4 rings (SSSR count). The summed E-state index contributed by atoms with van der Waals surface area (Å²) in [7, 11) is 0. The summed E-state index contributed by atoms with van der Waals surface area (Å²) < 4.78 is 0. The normalized spacial score (nSPS) is 32.5. The maximum atomic E-state index is 12.8. The van der Waals surface area contributed by atoms with Crippen molar-refractivity contribution in [1.82, 2.24) is 4.90 Å². The highest BCUT2D eigenvalue weighted by Gasteiger charge is 2.52. The van der Waals surface area contributed by atoms with Crippen molar-refractivity contribution in [3.8, 4) is 0 Å². The predicted octanol–water partition coefficient (Wildman–Crippen LogP) is 2.05. The van der Waals surface area contributed by atoms with Gasteiger partial charge in [0.1, 0.15) is 0 Å². The van der Waals surface area contributed by atoms with Crippen LogP contribution in [-0.4, -0.2) is 21.9 Å². The van der Waals surface area contributed by atoms with Crippen LogP contribution in [0.15, 0.2) is 36.4 Å². The first-order valence-corrected chi connectivity index (χ1v) is 7.42. The van der Waals surface area contributed by atoms with Gasteiger partial charge in [0.2, 0.25) is 5.91 Å². The number of rotatable bonds is 2. The van der Waals surface area contributed by atoms with Crippen molar-refractivity contribution in [3.05, 3.63) is 47.5 Å². The number of amides is 1. The molecule has 2 aliphatic carbocycles. The Kier molecular flexibility index (Phi) is 2.67. The van der Waals surface area contributed by atoms with Crippen LogP contribution in [0.1, 0.15) is 17.5 Å². The molecule has 1 fully saturated rings. The average molecular weight is 283 g/mol. The predicted molar refractivity (Wildman–Crippen MR) is 76.0 cm³/mol. The second-order valence-corrected chi connectivity index (χ2v) is 6.30. The number of aliphatic carboxylic acids is 1. The summed E-state index contributed by atoms with van der Waals surface area (Å²) in [6.07, 6.45) is 4.83. The summed E-state index contributed by atoms with van der Waals surface area (Å²) in [4.78, 5) is 26.2. The van der Waals surface area contributed by atoms with E-state index >= 15 is 0 Å². The van der Waals surface area contributed by atoms with Crippen LogP contribution in [0, 0.1) is 23.7 Å². The summed E-state index contributed by atoms with van der Waals surface area (Å²) in [5, 5.41) is 9.47. The fourth-order valence-corrected chi connectivity index (χ4v) is 4.20. The SMILES string of the molecule is O=C(O)[C@@H]1C2C=CC(C2)[C@@H]1C(=O)N1Cc2ccccc2C1. The summed E-state index contributed by atoms with van der Waals surface area (Å²) in [6.45, 7) is 1.22. The van der Waals surface area contributed by atoms with Crippen molar-refractivity contribution in [2.75, 3.05) is 0 Å². The first kappa shape index (κ1) is 12.6. The van der Waals surface area contributed by atoms with E-state index < -0.39 is 11.9 Å². The largest absolute Gasteiger partial charge is 0.481 e. The molecule has 1 aromatic rings. The molecule has 1 N–H and O–H groups in total. The van der Waals surface area contributed by atoms with Crippen LogP contribution in [0.3, 0.4) is 0 Å². The molecule has 0 saturated heterocycles. The molecule has 2 bridgehead atoms. The van der Waals surface area contributed by atoms with Crippen molar-refractivity contribution in [2.45, 2.75) is 19.5 Å². The van der Waals surface area contributed by atoms with Crippen LogP contribution in [-0.2, 0) is 22.7 Å². The lowest BCUT2D eigenvalue weighted by atomic mass is 9.82. The molecule has 1 amide bonds. The van der Waals surface area contributed by atoms with Gasteiger partial charge in [-0.1, -0.05) is 36.4 Å². The van der Waals surface area contributed by atoms with E-state index in [1.165, 1.54) is 11.1 Å². The lowest BCUT2D eigenvalue weighted by molar-refractivity contribution is -0.151. The molecule has 108 valence electrons. The maximum Gasteiger partial charge on any atom is 0.307 e. The maximum absolute atomic E-state index is 12.8. The second-order valence-electron chi connectivity index (χ2n) is 6.30. The van der Waals surface area contributed by atoms with E-state index in [0.717, 1.165) is 6.42 Å². The number of benzene rings is 1. The third-order valence-electron chi connectivity index (χ3n) is 5.18. The molecule has 4 nitrogen and oxygen atoms in total. The van der Waals surface area contributed by atoms with Gasteiger partial charge in [0.15, 0.2) is 0 Å². The first-order chi connectivity index (χ1) is 10.1. The van der Waals surface area contributed by atoms with E-state index in [9.17, 15) is 14.7 Å². The quantitative estimate of drug-likeness (QED) is 0.845. The molecule has 1 aromatic carbocycles. The monoisotopic (exact) mass is 283 g/mol. The van der Waals surface area contributed by atoms with Crippen molar-refractivity contribution in [1.29, 1.82) is 0 Å². The Bertz CT molecular complexity index is 626. The molecular weight excluding hydrogens is 266 g/mol.